The van der Waals surface area contributed by atoms with Gasteiger partial charge < -0.3 is 20.6 Å². The number of aliphatic carboxylic acids is 1. The van der Waals surface area contributed by atoms with Gasteiger partial charge in [-0.2, -0.15) is 5.54 Å². The third kappa shape index (κ3) is 7.63. The molecule has 0 heterocycles. The molecule has 0 radical (unpaired) electrons. The van der Waals surface area contributed by atoms with Crippen molar-refractivity contribution in [2.45, 2.75) is 65.6 Å². The Morgan fingerprint density at radius 1 is 1.15 bits per heavy atom. The molecule has 0 saturated heterocycles. The van der Waals surface area contributed by atoms with E-state index < -0.39 is 28.9 Å². The Bertz CT molecular complexity index is 908. The van der Waals surface area contributed by atoms with E-state index in [-0.39, 0.29) is 30.5 Å². The summed E-state index contributed by atoms with van der Waals surface area (Å²) in [5.74, 6) is -1.72. The molecule has 1 rings (SSSR count). The number of carbonyl (C=O) groups excluding carboxylic acids is 2. The third-order valence-electron chi connectivity index (χ3n) is 6.00. The van der Waals surface area contributed by atoms with Gasteiger partial charge in [0, 0.05) is 24.6 Å². The predicted octanol–water partition coefficient (Wildman–Crippen LogP) is 2.55. The molecule has 34 heavy (non-hydrogen) atoms. The third-order valence-corrected chi connectivity index (χ3v) is 6.00. The monoisotopic (exact) mass is 478 g/mol. The second-order valence-electron chi connectivity index (χ2n) is 10.2. The smallest absolute Gasteiger partial charge is 0.331 e. The lowest BCUT2D eigenvalue weighted by atomic mass is 9.76. The van der Waals surface area contributed by atoms with E-state index in [1.54, 1.807) is 25.7 Å². The minimum absolute atomic E-state index is 0.0586. The van der Waals surface area contributed by atoms with Crippen LogP contribution in [0.3, 0.4) is 0 Å². The zero-order valence-electron chi connectivity index (χ0n) is 21.5. The topological polar surface area (TPSA) is 111 Å². The van der Waals surface area contributed by atoms with Gasteiger partial charge >= 0.3 is 5.97 Å². The highest BCUT2D eigenvalue weighted by atomic mass is 19.2. The summed E-state index contributed by atoms with van der Waals surface area (Å²) in [5.41, 5.74) is 2.10. The number of hydrogen-bond donors (Lipinski definition) is 4. The van der Waals surface area contributed by atoms with Crippen LogP contribution in [0, 0.1) is 5.41 Å². The van der Waals surface area contributed by atoms with Gasteiger partial charge in [0.1, 0.15) is 6.04 Å². The molecule has 1 aromatic carbocycles. The SMILES string of the molecule is CNC(C(=O)NC(C(=O)N(C)C/C=C(\C)C(=O)O)C(C)(C)C)C(C)(C)c1cccc(CNF)c1. The summed E-state index contributed by atoms with van der Waals surface area (Å²) in [7, 11) is 3.25. The van der Waals surface area contributed by atoms with Crippen LogP contribution in [0.1, 0.15) is 52.7 Å². The van der Waals surface area contributed by atoms with Crippen LogP contribution in [0.25, 0.3) is 0 Å². The van der Waals surface area contributed by atoms with Crippen molar-refractivity contribution in [3.05, 3.63) is 47.0 Å². The minimum atomic E-state index is -1.05. The van der Waals surface area contributed by atoms with Crippen LogP contribution < -0.4 is 16.2 Å². The molecule has 2 atom stereocenters. The van der Waals surface area contributed by atoms with E-state index >= 15 is 0 Å². The van der Waals surface area contributed by atoms with E-state index in [4.69, 9.17) is 5.11 Å². The Labute approximate surface area is 201 Å². The van der Waals surface area contributed by atoms with Gasteiger partial charge in [0.05, 0.1) is 12.6 Å². The summed E-state index contributed by atoms with van der Waals surface area (Å²) in [4.78, 5) is 39.1. The number of carbonyl (C=O) groups is 3. The summed E-state index contributed by atoms with van der Waals surface area (Å²) in [6.45, 7) is 11.0. The Morgan fingerprint density at radius 3 is 2.26 bits per heavy atom. The van der Waals surface area contributed by atoms with Gasteiger partial charge in [0.25, 0.3) is 0 Å². The summed E-state index contributed by atoms with van der Waals surface area (Å²) in [6, 6.07) is 5.83. The number of hydrogen-bond acceptors (Lipinski definition) is 5. The number of halogens is 1. The van der Waals surface area contributed by atoms with E-state index in [0.29, 0.717) is 0 Å². The number of carboxylic acids is 1. The fraction of sp³-hybridized carbons (Fsp3) is 0.560. The molecule has 2 amide bonds. The summed E-state index contributed by atoms with van der Waals surface area (Å²) < 4.78 is 12.6. The average Bonchev–Trinajstić information content (AvgIpc) is 2.74. The summed E-state index contributed by atoms with van der Waals surface area (Å²) in [6.07, 6.45) is 1.46. The first-order valence-electron chi connectivity index (χ1n) is 11.2. The molecule has 190 valence electrons. The number of nitrogens with zero attached hydrogens (tertiary/aromatic N) is 1. The first kappa shape index (κ1) is 29.3. The van der Waals surface area contributed by atoms with Gasteiger partial charge in [-0.25, -0.2) is 4.79 Å². The molecule has 0 aromatic heterocycles. The molecule has 9 heteroatoms. The van der Waals surface area contributed by atoms with Gasteiger partial charge in [-0.3, -0.25) is 9.59 Å². The van der Waals surface area contributed by atoms with Crippen molar-refractivity contribution >= 4 is 17.8 Å². The Hall–Kier alpha value is -2.78. The zero-order chi connectivity index (χ0) is 26.3. The van der Waals surface area contributed by atoms with Gasteiger partial charge in [-0.1, -0.05) is 65.0 Å². The Balaban J connectivity index is 3.17. The average molecular weight is 479 g/mol. The van der Waals surface area contributed by atoms with Gasteiger partial charge in [-0.15, -0.1) is 4.48 Å². The second kappa shape index (κ2) is 12.1. The molecule has 0 fully saturated rings. The maximum Gasteiger partial charge on any atom is 0.331 e. The minimum Gasteiger partial charge on any atom is -0.478 e. The van der Waals surface area contributed by atoms with Crippen LogP contribution in [0.4, 0.5) is 4.48 Å². The van der Waals surface area contributed by atoms with Crippen LogP contribution >= 0.6 is 0 Å². The molecule has 0 saturated carbocycles. The standard InChI is InChI=1S/C25H39FN4O4/c1-16(23(33)34)12-13-30(8)22(32)20(24(2,3)4)29-21(31)19(27-7)25(5,6)18-11-9-10-17(14-18)15-28-26/h9-12,14,19-20,27-28H,13,15H2,1-8H3,(H,29,31)(H,33,34)/b16-12+. The first-order valence-corrected chi connectivity index (χ1v) is 11.2. The summed E-state index contributed by atoms with van der Waals surface area (Å²) >= 11 is 0. The molecule has 0 spiro atoms. The molecule has 4 N–H and O–H groups in total. The van der Waals surface area contributed by atoms with Crippen LogP contribution in [0.5, 0.6) is 0 Å². The highest BCUT2D eigenvalue weighted by Crippen LogP contribution is 2.29. The predicted molar refractivity (Wildman–Crippen MR) is 131 cm³/mol. The fourth-order valence-electron chi connectivity index (χ4n) is 3.69. The van der Waals surface area contributed by atoms with Gasteiger partial charge in [0.15, 0.2) is 0 Å². The van der Waals surface area contributed by atoms with Crippen LogP contribution in [0.2, 0.25) is 0 Å². The molecule has 8 nitrogen and oxygen atoms in total. The molecule has 0 aliphatic heterocycles. The van der Waals surface area contributed by atoms with Gasteiger partial charge in [-0.05, 0) is 30.5 Å². The summed E-state index contributed by atoms with van der Waals surface area (Å²) in [5, 5.41) is 15.0. The normalized spacial score (nSPS) is 14.3. The lowest BCUT2D eigenvalue weighted by molar-refractivity contribution is -0.139. The molecule has 0 aliphatic carbocycles. The van der Waals surface area contributed by atoms with Crippen molar-refractivity contribution in [1.29, 1.82) is 0 Å². The van der Waals surface area contributed by atoms with E-state index in [9.17, 15) is 18.9 Å². The number of likely N-dealkylation sites (N-methyl/N-ethyl adjacent to an activating group) is 2. The van der Waals surface area contributed by atoms with Crippen molar-refractivity contribution in [2.24, 2.45) is 5.41 Å². The molecular formula is C25H39FN4O4. The van der Waals surface area contributed by atoms with Crippen LogP contribution in [-0.4, -0.2) is 60.5 Å². The number of amides is 2. The highest BCUT2D eigenvalue weighted by molar-refractivity contribution is 5.91. The quantitative estimate of drug-likeness (QED) is 0.287. The van der Waals surface area contributed by atoms with E-state index in [2.05, 4.69) is 10.6 Å². The molecule has 1 aromatic rings. The van der Waals surface area contributed by atoms with Crippen molar-refractivity contribution in [2.75, 3.05) is 20.6 Å². The lowest BCUT2D eigenvalue weighted by Crippen LogP contribution is -2.60. The van der Waals surface area contributed by atoms with Crippen molar-refractivity contribution in [3.63, 3.8) is 0 Å². The van der Waals surface area contributed by atoms with E-state index in [0.717, 1.165) is 11.1 Å². The van der Waals surface area contributed by atoms with E-state index in [1.165, 1.54) is 17.9 Å². The van der Waals surface area contributed by atoms with E-state index in [1.807, 2.05) is 52.8 Å². The highest BCUT2D eigenvalue weighted by Gasteiger charge is 2.40. The Morgan fingerprint density at radius 2 is 1.76 bits per heavy atom. The van der Waals surface area contributed by atoms with Crippen LogP contribution in [0.15, 0.2) is 35.9 Å². The fourth-order valence-corrected chi connectivity index (χ4v) is 3.69. The second-order valence-corrected chi connectivity index (χ2v) is 10.2. The molecule has 0 aliphatic rings. The molecule has 0 bridgehead atoms. The molecule has 2 unspecified atom stereocenters. The zero-order valence-corrected chi connectivity index (χ0v) is 21.5. The van der Waals surface area contributed by atoms with Crippen LogP contribution in [-0.2, 0) is 26.3 Å². The van der Waals surface area contributed by atoms with Gasteiger partial charge in [0.2, 0.25) is 11.8 Å². The number of carboxylic acid groups (broad SMARTS) is 1. The number of nitrogens with one attached hydrogen (secondary N) is 3. The first-order chi connectivity index (χ1) is 15.7. The number of rotatable bonds is 11. The Kier molecular flexibility index (Phi) is 10.4. The van der Waals surface area contributed by atoms with Crippen molar-refractivity contribution in [1.82, 2.24) is 21.1 Å². The maximum atomic E-state index is 13.4. The van der Waals surface area contributed by atoms with Crippen molar-refractivity contribution < 1.29 is 24.0 Å². The maximum absolute atomic E-state index is 13.4. The molecular weight excluding hydrogens is 439 g/mol. The lowest BCUT2D eigenvalue weighted by Gasteiger charge is -2.38. The number of benzene rings is 1. The van der Waals surface area contributed by atoms with Crippen molar-refractivity contribution in [3.8, 4) is 0 Å². The largest absolute Gasteiger partial charge is 0.478 e.